The van der Waals surface area contributed by atoms with Crippen molar-refractivity contribution in [2.45, 2.75) is 43.0 Å². The molecule has 2 aliphatic rings. The fourth-order valence-electron chi connectivity index (χ4n) is 3.54. The van der Waals surface area contributed by atoms with Gasteiger partial charge in [-0.15, -0.1) is 0 Å². The summed E-state index contributed by atoms with van der Waals surface area (Å²) in [6.07, 6.45) is 3.30. The maximum absolute atomic E-state index is 12.2. The predicted molar refractivity (Wildman–Crippen MR) is 109 cm³/mol. The number of fused-ring (bicyclic) bond motifs is 2. The third kappa shape index (κ3) is 4.14. The lowest BCUT2D eigenvalue weighted by molar-refractivity contribution is -0.116. The van der Waals surface area contributed by atoms with Gasteiger partial charge in [-0.3, -0.25) is 4.79 Å². The standard InChI is InChI=1S/C18H22N4O3S2/c1-25-10-6-7-11-14(8-10)27-18(20-11)21-15(23)5-3-2-4-13-16-12(9-26-13)19-17(24)22-16/h6-8,12-13,16H,2-5,9H2,1H3,(H2,19,22,24)(H,20,21,23)/t12-,13-,16-/m0/s1. The Morgan fingerprint density at radius 3 is 3.11 bits per heavy atom. The quantitative estimate of drug-likeness (QED) is 0.486. The van der Waals surface area contributed by atoms with E-state index < -0.39 is 0 Å². The summed E-state index contributed by atoms with van der Waals surface area (Å²) in [5, 5.41) is 9.91. The van der Waals surface area contributed by atoms with Gasteiger partial charge in [0.2, 0.25) is 5.91 Å². The van der Waals surface area contributed by atoms with Crippen LogP contribution in [0.1, 0.15) is 25.7 Å². The fourth-order valence-corrected chi connectivity index (χ4v) is 6.00. The van der Waals surface area contributed by atoms with E-state index >= 15 is 0 Å². The van der Waals surface area contributed by atoms with E-state index in [0.29, 0.717) is 16.8 Å². The van der Waals surface area contributed by atoms with Crippen LogP contribution in [0.3, 0.4) is 0 Å². The van der Waals surface area contributed by atoms with E-state index in [0.717, 1.165) is 41.0 Å². The van der Waals surface area contributed by atoms with Crippen LogP contribution in [0.25, 0.3) is 10.2 Å². The summed E-state index contributed by atoms with van der Waals surface area (Å²) in [5.74, 6) is 1.75. The molecule has 0 bridgehead atoms. The van der Waals surface area contributed by atoms with Crippen molar-refractivity contribution in [3.63, 3.8) is 0 Å². The average Bonchev–Trinajstić information content (AvgIpc) is 3.31. The first kappa shape index (κ1) is 18.4. The highest BCUT2D eigenvalue weighted by Gasteiger charge is 2.42. The number of anilines is 1. The molecule has 144 valence electrons. The van der Waals surface area contributed by atoms with Crippen LogP contribution in [0.5, 0.6) is 5.75 Å². The Bertz CT molecular complexity index is 856. The minimum atomic E-state index is -0.0527. The number of ether oxygens (including phenoxy) is 1. The number of carbonyl (C=O) groups is 2. The van der Waals surface area contributed by atoms with Crippen LogP contribution in [-0.2, 0) is 4.79 Å². The molecular weight excluding hydrogens is 384 g/mol. The maximum Gasteiger partial charge on any atom is 0.315 e. The number of amides is 3. The largest absolute Gasteiger partial charge is 0.497 e. The van der Waals surface area contributed by atoms with Gasteiger partial charge in [-0.1, -0.05) is 17.8 Å². The van der Waals surface area contributed by atoms with Gasteiger partial charge in [-0.2, -0.15) is 11.8 Å². The van der Waals surface area contributed by atoms with Crippen LogP contribution in [0, 0.1) is 0 Å². The second kappa shape index (κ2) is 7.93. The molecule has 2 saturated heterocycles. The first-order valence-electron chi connectivity index (χ1n) is 9.05. The first-order valence-corrected chi connectivity index (χ1v) is 10.9. The molecule has 0 spiro atoms. The van der Waals surface area contributed by atoms with E-state index in [1.807, 2.05) is 30.0 Å². The van der Waals surface area contributed by atoms with Gasteiger partial charge < -0.3 is 20.7 Å². The molecular formula is C18H22N4O3S2. The second-order valence-corrected chi connectivity index (χ2v) is 9.07. The third-order valence-electron chi connectivity index (χ3n) is 4.92. The van der Waals surface area contributed by atoms with Crippen molar-refractivity contribution in [1.29, 1.82) is 0 Å². The Morgan fingerprint density at radius 2 is 2.26 bits per heavy atom. The van der Waals surface area contributed by atoms with Crippen LogP contribution in [0.15, 0.2) is 18.2 Å². The van der Waals surface area contributed by atoms with E-state index in [1.165, 1.54) is 11.3 Å². The molecule has 0 unspecified atom stereocenters. The lowest BCUT2D eigenvalue weighted by Gasteiger charge is -2.16. The smallest absolute Gasteiger partial charge is 0.315 e. The minimum absolute atomic E-state index is 0.00573. The minimum Gasteiger partial charge on any atom is -0.497 e. The fraction of sp³-hybridized carbons (Fsp3) is 0.500. The van der Waals surface area contributed by atoms with Gasteiger partial charge in [0.1, 0.15) is 5.75 Å². The van der Waals surface area contributed by atoms with Gasteiger partial charge in [0.05, 0.1) is 29.4 Å². The second-order valence-electron chi connectivity index (χ2n) is 6.77. The number of aromatic nitrogens is 1. The lowest BCUT2D eigenvalue weighted by atomic mass is 10.0. The normalized spacial score (nSPS) is 23.7. The summed E-state index contributed by atoms with van der Waals surface area (Å²) < 4.78 is 6.21. The van der Waals surface area contributed by atoms with E-state index in [1.54, 1.807) is 7.11 Å². The molecule has 27 heavy (non-hydrogen) atoms. The molecule has 3 heterocycles. The van der Waals surface area contributed by atoms with Crippen LogP contribution in [-0.4, -0.2) is 47.1 Å². The Hall–Kier alpha value is -2.00. The van der Waals surface area contributed by atoms with Crippen LogP contribution in [0.2, 0.25) is 0 Å². The van der Waals surface area contributed by atoms with Crippen LogP contribution < -0.4 is 20.7 Å². The Balaban J connectivity index is 1.21. The molecule has 3 atom stereocenters. The number of nitrogens with zero attached hydrogens (tertiary/aromatic N) is 1. The highest BCUT2D eigenvalue weighted by molar-refractivity contribution is 8.00. The zero-order valence-corrected chi connectivity index (χ0v) is 16.6. The molecule has 1 aromatic carbocycles. The molecule has 2 aromatic rings. The number of urea groups is 1. The van der Waals surface area contributed by atoms with Crippen molar-refractivity contribution in [2.24, 2.45) is 0 Å². The third-order valence-corrected chi connectivity index (χ3v) is 7.36. The SMILES string of the molecule is COc1ccc2nc(NC(=O)CCCC[C@@H]3SC[C@@H]4NC(=O)N[C@@H]43)sc2c1. The number of unbranched alkanes of at least 4 members (excludes halogenated alkanes) is 1. The summed E-state index contributed by atoms with van der Waals surface area (Å²) in [6, 6.07) is 6.12. The van der Waals surface area contributed by atoms with Crippen molar-refractivity contribution < 1.29 is 14.3 Å². The monoisotopic (exact) mass is 406 g/mol. The molecule has 2 aliphatic heterocycles. The average molecular weight is 407 g/mol. The number of carbonyl (C=O) groups excluding carboxylic acids is 2. The van der Waals surface area contributed by atoms with Crippen molar-refractivity contribution >= 4 is 50.4 Å². The summed E-state index contributed by atoms with van der Waals surface area (Å²) >= 11 is 3.36. The number of rotatable bonds is 7. The topological polar surface area (TPSA) is 92.3 Å². The summed E-state index contributed by atoms with van der Waals surface area (Å²) in [5.41, 5.74) is 0.858. The molecule has 3 N–H and O–H groups in total. The Labute approximate surface area is 165 Å². The Morgan fingerprint density at radius 1 is 1.37 bits per heavy atom. The van der Waals surface area contributed by atoms with Crippen molar-refractivity contribution in [2.75, 3.05) is 18.2 Å². The summed E-state index contributed by atoms with van der Waals surface area (Å²) in [6.45, 7) is 0. The van der Waals surface area contributed by atoms with Gasteiger partial charge in [-0.05, 0) is 31.0 Å². The lowest BCUT2D eigenvalue weighted by Crippen LogP contribution is -2.36. The number of thiazole rings is 1. The summed E-state index contributed by atoms with van der Waals surface area (Å²) in [7, 11) is 1.63. The molecule has 3 amide bonds. The van der Waals surface area contributed by atoms with E-state index in [-0.39, 0.29) is 24.0 Å². The zero-order valence-electron chi connectivity index (χ0n) is 15.0. The number of benzene rings is 1. The highest BCUT2D eigenvalue weighted by atomic mass is 32.2. The first-order chi connectivity index (χ1) is 13.1. The van der Waals surface area contributed by atoms with Gasteiger partial charge in [0, 0.05) is 17.4 Å². The predicted octanol–water partition coefficient (Wildman–Crippen LogP) is 2.97. The number of hydrogen-bond donors (Lipinski definition) is 3. The zero-order chi connectivity index (χ0) is 18.8. The van der Waals surface area contributed by atoms with Crippen LogP contribution in [0.4, 0.5) is 9.93 Å². The molecule has 0 saturated carbocycles. The van der Waals surface area contributed by atoms with E-state index in [9.17, 15) is 9.59 Å². The van der Waals surface area contributed by atoms with Crippen molar-refractivity contribution in [1.82, 2.24) is 15.6 Å². The van der Waals surface area contributed by atoms with Crippen LogP contribution >= 0.6 is 23.1 Å². The molecule has 0 aliphatic carbocycles. The number of hydrogen-bond acceptors (Lipinski definition) is 6. The van der Waals surface area contributed by atoms with Gasteiger partial charge in [-0.25, -0.2) is 9.78 Å². The molecule has 9 heteroatoms. The van der Waals surface area contributed by atoms with E-state index in [2.05, 4.69) is 20.9 Å². The summed E-state index contributed by atoms with van der Waals surface area (Å²) in [4.78, 5) is 28.0. The van der Waals surface area contributed by atoms with Gasteiger partial charge >= 0.3 is 6.03 Å². The van der Waals surface area contributed by atoms with Crippen molar-refractivity contribution in [3.8, 4) is 5.75 Å². The number of nitrogens with one attached hydrogen (secondary N) is 3. The highest BCUT2D eigenvalue weighted by Crippen LogP contribution is 2.33. The van der Waals surface area contributed by atoms with E-state index in [4.69, 9.17) is 4.74 Å². The maximum atomic E-state index is 12.2. The molecule has 2 fully saturated rings. The number of thioether (sulfide) groups is 1. The molecule has 7 nitrogen and oxygen atoms in total. The molecule has 4 rings (SSSR count). The number of methoxy groups -OCH3 is 1. The molecule has 1 aromatic heterocycles. The molecule has 0 radical (unpaired) electrons. The van der Waals surface area contributed by atoms with Gasteiger partial charge in [0.15, 0.2) is 5.13 Å². The Kier molecular flexibility index (Phi) is 5.40. The van der Waals surface area contributed by atoms with Crippen molar-refractivity contribution in [3.05, 3.63) is 18.2 Å². The van der Waals surface area contributed by atoms with Gasteiger partial charge in [0.25, 0.3) is 0 Å².